The average molecular weight is 193 g/mol. The number of rotatable bonds is 4. The van der Waals surface area contributed by atoms with Gasteiger partial charge in [-0.15, -0.1) is 0 Å². The van der Waals surface area contributed by atoms with Gasteiger partial charge in [0.15, 0.2) is 0 Å². The van der Waals surface area contributed by atoms with E-state index in [-0.39, 0.29) is 11.8 Å². The summed E-state index contributed by atoms with van der Waals surface area (Å²) in [5.74, 6) is 0.562. The van der Waals surface area contributed by atoms with Crippen molar-refractivity contribution in [2.45, 2.75) is 19.9 Å². The van der Waals surface area contributed by atoms with Crippen LogP contribution in [0, 0.1) is 5.92 Å². The minimum Gasteiger partial charge on any atom is -0.508 e. The smallest absolute Gasteiger partial charge is 0.207 e. The highest BCUT2D eigenvalue weighted by molar-refractivity contribution is 5.48. The van der Waals surface area contributed by atoms with Crippen molar-refractivity contribution in [3.63, 3.8) is 0 Å². The fourth-order valence-corrected chi connectivity index (χ4v) is 1.43. The molecule has 0 spiro atoms. The topological polar surface area (TPSA) is 49.3 Å². The first-order chi connectivity index (χ1) is 6.65. The van der Waals surface area contributed by atoms with E-state index in [2.05, 4.69) is 5.32 Å². The predicted octanol–water partition coefficient (Wildman–Crippen LogP) is 1.84. The first-order valence-corrected chi connectivity index (χ1v) is 4.63. The lowest BCUT2D eigenvalue weighted by Gasteiger charge is -2.20. The zero-order valence-electron chi connectivity index (χ0n) is 8.40. The molecule has 0 radical (unpaired) electrons. The highest BCUT2D eigenvalue weighted by atomic mass is 16.3. The van der Waals surface area contributed by atoms with Gasteiger partial charge >= 0.3 is 0 Å². The largest absolute Gasteiger partial charge is 0.508 e. The molecule has 1 aromatic carbocycles. The van der Waals surface area contributed by atoms with Crippen molar-refractivity contribution in [1.82, 2.24) is 5.32 Å². The van der Waals surface area contributed by atoms with E-state index in [0.717, 1.165) is 5.56 Å². The Bertz CT molecular complexity index is 293. The summed E-state index contributed by atoms with van der Waals surface area (Å²) in [6.07, 6.45) is 0.706. The molecule has 14 heavy (non-hydrogen) atoms. The Morgan fingerprint density at radius 2 is 1.86 bits per heavy atom. The Labute approximate surface area is 83.8 Å². The minimum absolute atomic E-state index is 0.00750. The molecule has 2 N–H and O–H groups in total. The molecule has 0 aromatic heterocycles. The number of aromatic hydroxyl groups is 1. The number of carbonyl (C=O) groups excluding carboxylic acids is 1. The molecule has 0 saturated heterocycles. The summed E-state index contributed by atoms with van der Waals surface area (Å²) in [4.78, 5) is 10.4. The van der Waals surface area contributed by atoms with Crippen LogP contribution in [0.1, 0.15) is 25.5 Å². The number of carbonyl (C=O) groups is 1. The highest BCUT2D eigenvalue weighted by Gasteiger charge is 2.13. The maximum absolute atomic E-state index is 10.4. The molecule has 0 aliphatic carbocycles. The van der Waals surface area contributed by atoms with Crippen molar-refractivity contribution >= 4 is 6.41 Å². The molecule has 3 nitrogen and oxygen atoms in total. The van der Waals surface area contributed by atoms with Gasteiger partial charge in [0.1, 0.15) is 5.75 Å². The van der Waals surface area contributed by atoms with Crippen molar-refractivity contribution in [3.8, 4) is 5.75 Å². The van der Waals surface area contributed by atoms with Crippen LogP contribution in [0.2, 0.25) is 0 Å². The molecular weight excluding hydrogens is 178 g/mol. The number of benzene rings is 1. The summed E-state index contributed by atoms with van der Waals surface area (Å²) in [5, 5.41) is 11.9. The lowest BCUT2D eigenvalue weighted by atomic mass is 9.96. The summed E-state index contributed by atoms with van der Waals surface area (Å²) >= 11 is 0. The molecule has 0 aliphatic rings. The van der Waals surface area contributed by atoms with E-state index in [4.69, 9.17) is 5.11 Å². The lowest BCUT2D eigenvalue weighted by molar-refractivity contribution is -0.110. The molecule has 1 unspecified atom stereocenters. The second-order valence-corrected chi connectivity index (χ2v) is 3.60. The van der Waals surface area contributed by atoms with Crippen LogP contribution in [0.3, 0.4) is 0 Å². The normalized spacial score (nSPS) is 12.5. The quantitative estimate of drug-likeness (QED) is 0.717. The van der Waals surface area contributed by atoms with E-state index in [0.29, 0.717) is 12.3 Å². The SMILES string of the molecule is CC(C)C(NC=O)c1ccc(O)cc1. The fraction of sp³-hybridized carbons (Fsp3) is 0.364. The number of nitrogens with one attached hydrogen (secondary N) is 1. The van der Waals surface area contributed by atoms with Gasteiger partial charge in [-0.05, 0) is 23.6 Å². The molecule has 0 aliphatic heterocycles. The van der Waals surface area contributed by atoms with Crippen LogP contribution in [0.5, 0.6) is 5.75 Å². The Kier molecular flexibility index (Phi) is 3.51. The van der Waals surface area contributed by atoms with E-state index in [1.54, 1.807) is 12.1 Å². The molecule has 0 bridgehead atoms. The Balaban J connectivity index is 2.87. The lowest BCUT2D eigenvalue weighted by Crippen LogP contribution is -2.24. The minimum atomic E-state index is 0.00750. The fourth-order valence-electron chi connectivity index (χ4n) is 1.43. The zero-order valence-corrected chi connectivity index (χ0v) is 8.40. The molecule has 1 aromatic rings. The molecule has 0 saturated carbocycles. The molecule has 1 rings (SSSR count). The Morgan fingerprint density at radius 1 is 1.29 bits per heavy atom. The molecule has 0 fully saturated rings. The third-order valence-electron chi connectivity index (χ3n) is 2.17. The summed E-state index contributed by atoms with van der Waals surface area (Å²) in [6, 6.07) is 6.88. The summed E-state index contributed by atoms with van der Waals surface area (Å²) in [5.41, 5.74) is 1.00. The highest BCUT2D eigenvalue weighted by Crippen LogP contribution is 2.22. The van der Waals surface area contributed by atoms with Crippen LogP contribution in [0.25, 0.3) is 0 Å². The Hall–Kier alpha value is -1.51. The number of hydrogen-bond donors (Lipinski definition) is 2. The molecular formula is C11H15NO2. The van der Waals surface area contributed by atoms with E-state index >= 15 is 0 Å². The van der Waals surface area contributed by atoms with Crippen LogP contribution in [-0.4, -0.2) is 11.5 Å². The van der Waals surface area contributed by atoms with Gasteiger partial charge in [0, 0.05) is 0 Å². The number of phenolic OH excluding ortho intramolecular Hbond substituents is 1. The third kappa shape index (κ3) is 2.49. The summed E-state index contributed by atoms with van der Waals surface area (Å²) < 4.78 is 0. The number of amides is 1. The second kappa shape index (κ2) is 4.65. The number of phenols is 1. The van der Waals surface area contributed by atoms with Gasteiger partial charge in [0.2, 0.25) is 6.41 Å². The monoisotopic (exact) mass is 193 g/mol. The van der Waals surface area contributed by atoms with Gasteiger partial charge in [-0.2, -0.15) is 0 Å². The summed E-state index contributed by atoms with van der Waals surface area (Å²) in [7, 11) is 0. The van der Waals surface area contributed by atoms with E-state index < -0.39 is 0 Å². The van der Waals surface area contributed by atoms with E-state index in [9.17, 15) is 4.79 Å². The maximum Gasteiger partial charge on any atom is 0.207 e. The standard InChI is InChI=1S/C11H15NO2/c1-8(2)11(12-7-13)9-3-5-10(14)6-4-9/h3-8,11,14H,1-2H3,(H,12,13). The van der Waals surface area contributed by atoms with Crippen molar-refractivity contribution < 1.29 is 9.90 Å². The van der Waals surface area contributed by atoms with Gasteiger partial charge in [-0.1, -0.05) is 26.0 Å². The van der Waals surface area contributed by atoms with Crippen molar-refractivity contribution in [2.75, 3.05) is 0 Å². The second-order valence-electron chi connectivity index (χ2n) is 3.60. The number of hydrogen-bond acceptors (Lipinski definition) is 2. The Morgan fingerprint density at radius 3 is 2.29 bits per heavy atom. The molecule has 1 atom stereocenters. The predicted molar refractivity (Wildman–Crippen MR) is 54.9 cm³/mol. The average Bonchev–Trinajstić information content (AvgIpc) is 2.15. The van der Waals surface area contributed by atoms with Gasteiger partial charge in [-0.25, -0.2) is 0 Å². The molecule has 1 amide bonds. The first-order valence-electron chi connectivity index (χ1n) is 4.63. The van der Waals surface area contributed by atoms with Gasteiger partial charge in [0.25, 0.3) is 0 Å². The van der Waals surface area contributed by atoms with Crippen molar-refractivity contribution in [3.05, 3.63) is 29.8 Å². The summed E-state index contributed by atoms with van der Waals surface area (Å²) in [6.45, 7) is 4.07. The first kappa shape index (κ1) is 10.6. The van der Waals surface area contributed by atoms with Crippen LogP contribution in [0.15, 0.2) is 24.3 Å². The van der Waals surface area contributed by atoms with E-state index in [1.165, 1.54) is 0 Å². The van der Waals surface area contributed by atoms with Crippen LogP contribution >= 0.6 is 0 Å². The molecule has 3 heteroatoms. The van der Waals surface area contributed by atoms with Crippen molar-refractivity contribution in [1.29, 1.82) is 0 Å². The molecule has 0 heterocycles. The van der Waals surface area contributed by atoms with Crippen LogP contribution in [0.4, 0.5) is 0 Å². The third-order valence-corrected chi connectivity index (χ3v) is 2.17. The maximum atomic E-state index is 10.4. The van der Waals surface area contributed by atoms with Gasteiger partial charge in [0.05, 0.1) is 6.04 Å². The van der Waals surface area contributed by atoms with Crippen LogP contribution < -0.4 is 5.32 Å². The molecule has 76 valence electrons. The van der Waals surface area contributed by atoms with E-state index in [1.807, 2.05) is 26.0 Å². The van der Waals surface area contributed by atoms with Gasteiger partial charge < -0.3 is 10.4 Å². The van der Waals surface area contributed by atoms with Crippen LogP contribution in [-0.2, 0) is 4.79 Å². The van der Waals surface area contributed by atoms with Crippen molar-refractivity contribution in [2.24, 2.45) is 5.92 Å². The van der Waals surface area contributed by atoms with Gasteiger partial charge in [-0.3, -0.25) is 4.79 Å². The zero-order chi connectivity index (χ0) is 10.6.